The first-order valence-corrected chi connectivity index (χ1v) is 5.81. The van der Waals surface area contributed by atoms with Crippen molar-refractivity contribution in [3.05, 3.63) is 29.8 Å². The summed E-state index contributed by atoms with van der Waals surface area (Å²) in [6.45, 7) is 4.35. The maximum atomic E-state index is 11.3. The minimum atomic E-state index is -0.535. The zero-order chi connectivity index (χ0) is 12.7. The van der Waals surface area contributed by atoms with Crippen LogP contribution in [0.25, 0.3) is 0 Å². The van der Waals surface area contributed by atoms with Crippen LogP contribution >= 0.6 is 0 Å². The number of aliphatic hydroxyl groups is 1. The molecule has 0 bridgehead atoms. The summed E-state index contributed by atoms with van der Waals surface area (Å²) in [5.41, 5.74) is 0.775. The van der Waals surface area contributed by atoms with Gasteiger partial charge in [0, 0.05) is 6.54 Å². The number of carbonyl (C=O) groups excluding carboxylic acids is 1. The van der Waals surface area contributed by atoms with Crippen LogP contribution in [0.4, 0.5) is 0 Å². The summed E-state index contributed by atoms with van der Waals surface area (Å²) < 4.78 is 5.33. The molecule has 0 aliphatic heterocycles. The van der Waals surface area contributed by atoms with E-state index in [-0.39, 0.29) is 12.5 Å². The molecule has 1 amide bonds. The number of hydrogen-bond donors (Lipinski definition) is 2. The molecule has 4 heteroatoms. The van der Waals surface area contributed by atoms with Crippen LogP contribution in [0, 0.1) is 0 Å². The largest absolute Gasteiger partial charge is 0.484 e. The van der Waals surface area contributed by atoms with Crippen LogP contribution in [0.3, 0.4) is 0 Å². The lowest BCUT2D eigenvalue weighted by Gasteiger charge is -2.09. The van der Waals surface area contributed by atoms with Crippen LogP contribution < -0.4 is 10.1 Å². The van der Waals surface area contributed by atoms with Crippen molar-refractivity contribution in [2.45, 2.75) is 26.4 Å². The minimum Gasteiger partial charge on any atom is -0.484 e. The van der Waals surface area contributed by atoms with Gasteiger partial charge in [0.05, 0.1) is 6.10 Å². The number of nitrogens with one attached hydrogen (secondary N) is 1. The van der Waals surface area contributed by atoms with Crippen molar-refractivity contribution in [1.82, 2.24) is 5.32 Å². The average molecular weight is 237 g/mol. The van der Waals surface area contributed by atoms with E-state index in [1.54, 1.807) is 25.1 Å². The molecule has 1 atom stereocenters. The normalized spacial score (nSPS) is 11.9. The van der Waals surface area contributed by atoms with Gasteiger partial charge in [-0.15, -0.1) is 0 Å². The molecular weight excluding hydrogens is 218 g/mol. The number of aliphatic hydroxyl groups excluding tert-OH is 1. The Balaban J connectivity index is 2.46. The van der Waals surface area contributed by atoms with Crippen LogP contribution in [-0.4, -0.2) is 24.2 Å². The maximum Gasteiger partial charge on any atom is 0.257 e. The van der Waals surface area contributed by atoms with Gasteiger partial charge in [0.1, 0.15) is 5.75 Å². The van der Waals surface area contributed by atoms with Crippen molar-refractivity contribution in [2.75, 3.05) is 13.2 Å². The van der Waals surface area contributed by atoms with E-state index in [1.165, 1.54) is 0 Å². The van der Waals surface area contributed by atoms with Gasteiger partial charge >= 0.3 is 0 Å². The van der Waals surface area contributed by atoms with Crippen molar-refractivity contribution < 1.29 is 14.6 Å². The van der Waals surface area contributed by atoms with Crippen LogP contribution in [-0.2, 0) is 4.79 Å². The SMILES string of the molecule is CCCNC(=O)COc1cccc([C@@H](C)O)c1. The standard InChI is InChI=1S/C13H19NO3/c1-3-7-14-13(16)9-17-12-6-4-5-11(8-12)10(2)15/h4-6,8,10,15H,3,7,9H2,1-2H3,(H,14,16)/t10-/m1/s1. The lowest BCUT2D eigenvalue weighted by Crippen LogP contribution is -2.29. The fourth-order valence-electron chi connectivity index (χ4n) is 1.33. The summed E-state index contributed by atoms with van der Waals surface area (Å²) in [6.07, 6.45) is 0.371. The summed E-state index contributed by atoms with van der Waals surface area (Å²) in [7, 11) is 0. The zero-order valence-corrected chi connectivity index (χ0v) is 10.3. The molecule has 2 N–H and O–H groups in total. The van der Waals surface area contributed by atoms with E-state index in [0.29, 0.717) is 12.3 Å². The Kier molecular flexibility index (Phi) is 5.49. The van der Waals surface area contributed by atoms with E-state index in [1.807, 2.05) is 13.0 Å². The van der Waals surface area contributed by atoms with Crippen LogP contribution in [0.15, 0.2) is 24.3 Å². The highest BCUT2D eigenvalue weighted by molar-refractivity contribution is 5.77. The van der Waals surface area contributed by atoms with Crippen molar-refractivity contribution in [2.24, 2.45) is 0 Å². The molecule has 17 heavy (non-hydrogen) atoms. The Morgan fingerprint density at radius 1 is 1.53 bits per heavy atom. The first-order valence-electron chi connectivity index (χ1n) is 5.81. The molecule has 0 aromatic heterocycles. The van der Waals surface area contributed by atoms with E-state index < -0.39 is 6.10 Å². The molecular formula is C13H19NO3. The molecule has 4 nitrogen and oxygen atoms in total. The van der Waals surface area contributed by atoms with E-state index in [4.69, 9.17) is 4.74 Å². The van der Waals surface area contributed by atoms with E-state index >= 15 is 0 Å². The zero-order valence-electron chi connectivity index (χ0n) is 10.3. The fourth-order valence-corrected chi connectivity index (χ4v) is 1.33. The molecule has 0 aliphatic carbocycles. The topological polar surface area (TPSA) is 58.6 Å². The molecule has 0 saturated carbocycles. The number of ether oxygens (including phenoxy) is 1. The Morgan fingerprint density at radius 3 is 2.94 bits per heavy atom. The minimum absolute atomic E-state index is 0.00324. The van der Waals surface area contributed by atoms with Gasteiger partial charge in [-0.1, -0.05) is 19.1 Å². The van der Waals surface area contributed by atoms with Crippen molar-refractivity contribution in [3.63, 3.8) is 0 Å². The predicted molar refractivity (Wildman–Crippen MR) is 65.9 cm³/mol. The van der Waals surface area contributed by atoms with Gasteiger partial charge in [0.25, 0.3) is 5.91 Å². The molecule has 0 unspecified atom stereocenters. The molecule has 0 aliphatic rings. The number of carbonyl (C=O) groups is 1. The fraction of sp³-hybridized carbons (Fsp3) is 0.462. The number of benzene rings is 1. The molecule has 1 rings (SSSR count). The lowest BCUT2D eigenvalue weighted by atomic mass is 10.1. The Hall–Kier alpha value is -1.55. The summed E-state index contributed by atoms with van der Waals surface area (Å²) in [6, 6.07) is 7.10. The van der Waals surface area contributed by atoms with Crippen LogP contribution in [0.2, 0.25) is 0 Å². The molecule has 0 radical (unpaired) electrons. The molecule has 1 aromatic carbocycles. The summed E-state index contributed by atoms with van der Waals surface area (Å²) in [5.74, 6) is 0.462. The van der Waals surface area contributed by atoms with E-state index in [9.17, 15) is 9.90 Å². The molecule has 0 fully saturated rings. The molecule has 0 saturated heterocycles. The quantitative estimate of drug-likeness (QED) is 0.791. The number of rotatable bonds is 6. The molecule has 0 heterocycles. The third-order valence-electron chi connectivity index (χ3n) is 2.28. The lowest BCUT2D eigenvalue weighted by molar-refractivity contribution is -0.123. The summed E-state index contributed by atoms with van der Waals surface area (Å²) in [4.78, 5) is 11.3. The second-order valence-corrected chi connectivity index (χ2v) is 3.89. The van der Waals surface area contributed by atoms with E-state index in [0.717, 1.165) is 12.0 Å². The van der Waals surface area contributed by atoms with Gasteiger partial charge in [0.15, 0.2) is 6.61 Å². The third-order valence-corrected chi connectivity index (χ3v) is 2.28. The van der Waals surface area contributed by atoms with Gasteiger partial charge in [-0.05, 0) is 31.0 Å². The van der Waals surface area contributed by atoms with E-state index in [2.05, 4.69) is 5.32 Å². The second-order valence-electron chi connectivity index (χ2n) is 3.89. The predicted octanol–water partition coefficient (Wildman–Crippen LogP) is 1.64. The van der Waals surface area contributed by atoms with Gasteiger partial charge < -0.3 is 15.2 Å². The van der Waals surface area contributed by atoms with Crippen molar-refractivity contribution >= 4 is 5.91 Å². The number of amides is 1. The second kappa shape index (κ2) is 6.91. The average Bonchev–Trinajstić information content (AvgIpc) is 2.34. The van der Waals surface area contributed by atoms with Gasteiger partial charge in [-0.2, -0.15) is 0 Å². The summed E-state index contributed by atoms with van der Waals surface area (Å²) >= 11 is 0. The van der Waals surface area contributed by atoms with Crippen LogP contribution in [0.5, 0.6) is 5.75 Å². The maximum absolute atomic E-state index is 11.3. The van der Waals surface area contributed by atoms with Crippen LogP contribution in [0.1, 0.15) is 31.9 Å². The first kappa shape index (κ1) is 13.5. The highest BCUT2D eigenvalue weighted by Crippen LogP contribution is 2.18. The third kappa shape index (κ3) is 4.87. The van der Waals surface area contributed by atoms with Gasteiger partial charge in [-0.3, -0.25) is 4.79 Å². The van der Waals surface area contributed by atoms with Gasteiger partial charge in [0.2, 0.25) is 0 Å². The Morgan fingerprint density at radius 2 is 2.29 bits per heavy atom. The monoisotopic (exact) mass is 237 g/mol. The highest BCUT2D eigenvalue weighted by atomic mass is 16.5. The summed E-state index contributed by atoms with van der Waals surface area (Å²) in [5, 5.41) is 12.1. The number of hydrogen-bond acceptors (Lipinski definition) is 3. The molecule has 94 valence electrons. The highest BCUT2D eigenvalue weighted by Gasteiger charge is 2.04. The molecule has 0 spiro atoms. The van der Waals surface area contributed by atoms with Gasteiger partial charge in [-0.25, -0.2) is 0 Å². The smallest absolute Gasteiger partial charge is 0.257 e. The van der Waals surface area contributed by atoms with Crippen molar-refractivity contribution in [1.29, 1.82) is 0 Å². The van der Waals surface area contributed by atoms with Crippen molar-refractivity contribution in [3.8, 4) is 5.75 Å². The Labute approximate surface area is 102 Å². The Bertz CT molecular complexity index is 363. The molecule has 1 aromatic rings. The first-order chi connectivity index (χ1) is 8.13.